The van der Waals surface area contributed by atoms with Gasteiger partial charge in [0, 0.05) is 45.3 Å². The predicted octanol–water partition coefficient (Wildman–Crippen LogP) is 3.35. The van der Waals surface area contributed by atoms with Crippen molar-refractivity contribution in [2.24, 2.45) is 4.99 Å². The van der Waals surface area contributed by atoms with Crippen LogP contribution < -0.4 is 20.3 Å². The molecule has 1 aliphatic heterocycles. The van der Waals surface area contributed by atoms with Crippen LogP contribution >= 0.6 is 24.0 Å². The van der Waals surface area contributed by atoms with E-state index in [1.165, 1.54) is 0 Å². The van der Waals surface area contributed by atoms with Gasteiger partial charge in [-0.3, -0.25) is 4.79 Å². The summed E-state index contributed by atoms with van der Waals surface area (Å²) in [5.41, 5.74) is 2.88. The van der Waals surface area contributed by atoms with Crippen LogP contribution in [0, 0.1) is 0 Å². The fourth-order valence-electron chi connectivity index (χ4n) is 3.68. The number of halogens is 1. The number of carbonyl (C=O) groups is 1. The maximum Gasteiger partial charge on any atom is 0.253 e. The normalized spacial score (nSPS) is 15.7. The molecule has 7 nitrogen and oxygen atoms in total. The number of amides is 1. The van der Waals surface area contributed by atoms with Gasteiger partial charge in [0.1, 0.15) is 5.75 Å². The maximum absolute atomic E-state index is 12.0. The molecule has 0 radical (unpaired) electrons. The average Bonchev–Trinajstić information content (AvgIpc) is 3.25. The van der Waals surface area contributed by atoms with Gasteiger partial charge < -0.3 is 25.2 Å². The summed E-state index contributed by atoms with van der Waals surface area (Å²) in [5, 5.41) is 6.90. The quantitative estimate of drug-likeness (QED) is 0.314. The predicted molar refractivity (Wildman–Crippen MR) is 141 cm³/mol. The molecule has 1 atom stereocenters. The third kappa shape index (κ3) is 6.75. The summed E-state index contributed by atoms with van der Waals surface area (Å²) in [5.74, 6) is 1.72. The van der Waals surface area contributed by atoms with Crippen molar-refractivity contribution in [3.63, 3.8) is 0 Å². The number of hydrogen-bond donors (Lipinski definition) is 2. The molecule has 0 saturated carbocycles. The first kappa shape index (κ1) is 25.8. The molecule has 1 heterocycles. The van der Waals surface area contributed by atoms with E-state index in [9.17, 15) is 4.79 Å². The SMILES string of the molecule is CCNC(=NCc1ccc(C(=O)N(C)C)cc1)NC1CCN(c2ccccc2OC)C1.I. The molecule has 1 aliphatic rings. The standard InChI is InChI=1S/C24H33N5O2.HI/c1-5-25-24(26-16-18-10-12-19(13-11-18)23(30)28(2)3)27-20-14-15-29(17-20)21-8-6-7-9-22(21)31-4;/h6-13,20H,5,14-17H2,1-4H3,(H2,25,26,27);1H. The molecular weight excluding hydrogens is 517 g/mol. The molecular formula is C24H34IN5O2. The van der Waals surface area contributed by atoms with Crippen LogP contribution in [0.3, 0.4) is 0 Å². The van der Waals surface area contributed by atoms with Crippen LogP contribution in [0.5, 0.6) is 5.75 Å². The van der Waals surface area contributed by atoms with Crippen molar-refractivity contribution in [3.05, 3.63) is 59.7 Å². The van der Waals surface area contributed by atoms with E-state index in [0.717, 1.165) is 49.0 Å². The van der Waals surface area contributed by atoms with Crippen LogP contribution in [0.2, 0.25) is 0 Å². The Morgan fingerprint density at radius 3 is 2.56 bits per heavy atom. The second kappa shape index (κ2) is 12.5. The molecule has 2 aromatic carbocycles. The van der Waals surface area contributed by atoms with Gasteiger partial charge in [0.15, 0.2) is 5.96 Å². The summed E-state index contributed by atoms with van der Waals surface area (Å²) >= 11 is 0. The lowest BCUT2D eigenvalue weighted by atomic mass is 10.1. The van der Waals surface area contributed by atoms with Gasteiger partial charge in [-0.05, 0) is 43.2 Å². The highest BCUT2D eigenvalue weighted by Gasteiger charge is 2.25. The highest BCUT2D eigenvalue weighted by molar-refractivity contribution is 14.0. The van der Waals surface area contributed by atoms with Crippen LogP contribution in [0.4, 0.5) is 5.69 Å². The first-order chi connectivity index (χ1) is 15.0. The molecule has 1 amide bonds. The topological polar surface area (TPSA) is 69.2 Å². The lowest BCUT2D eigenvalue weighted by Crippen LogP contribution is -2.44. The molecule has 1 fully saturated rings. The highest BCUT2D eigenvalue weighted by atomic mass is 127. The summed E-state index contributed by atoms with van der Waals surface area (Å²) in [6.45, 7) is 5.28. The van der Waals surface area contributed by atoms with Gasteiger partial charge in [-0.15, -0.1) is 24.0 Å². The molecule has 32 heavy (non-hydrogen) atoms. The molecule has 0 aliphatic carbocycles. The minimum absolute atomic E-state index is 0. The first-order valence-electron chi connectivity index (χ1n) is 10.7. The number of carbonyl (C=O) groups excluding carboxylic acids is 1. The van der Waals surface area contributed by atoms with Crippen LogP contribution in [0.15, 0.2) is 53.5 Å². The number of anilines is 1. The molecule has 8 heteroatoms. The van der Waals surface area contributed by atoms with Crippen molar-refractivity contribution >= 4 is 41.5 Å². The summed E-state index contributed by atoms with van der Waals surface area (Å²) in [6, 6.07) is 16.1. The van der Waals surface area contributed by atoms with Gasteiger partial charge in [-0.1, -0.05) is 24.3 Å². The van der Waals surface area contributed by atoms with Crippen molar-refractivity contribution < 1.29 is 9.53 Å². The van der Waals surface area contributed by atoms with E-state index in [0.29, 0.717) is 18.2 Å². The third-order valence-corrected chi connectivity index (χ3v) is 5.33. The van der Waals surface area contributed by atoms with E-state index in [1.54, 1.807) is 26.1 Å². The Kier molecular flexibility index (Phi) is 10.1. The van der Waals surface area contributed by atoms with E-state index in [1.807, 2.05) is 42.5 Å². The number of guanidine groups is 1. The van der Waals surface area contributed by atoms with Crippen LogP contribution in [0.25, 0.3) is 0 Å². The lowest BCUT2D eigenvalue weighted by Gasteiger charge is -2.22. The van der Waals surface area contributed by atoms with E-state index >= 15 is 0 Å². The number of aliphatic imine (C=N–C) groups is 1. The van der Waals surface area contributed by atoms with Crippen LogP contribution in [-0.4, -0.2) is 63.6 Å². The summed E-state index contributed by atoms with van der Waals surface area (Å²) in [7, 11) is 5.23. The molecule has 1 saturated heterocycles. The fraction of sp³-hybridized carbons (Fsp3) is 0.417. The Morgan fingerprint density at radius 1 is 1.19 bits per heavy atom. The third-order valence-electron chi connectivity index (χ3n) is 5.33. The van der Waals surface area contributed by atoms with Crippen molar-refractivity contribution in [1.82, 2.24) is 15.5 Å². The van der Waals surface area contributed by atoms with Gasteiger partial charge in [-0.25, -0.2) is 4.99 Å². The Bertz CT molecular complexity index is 902. The van der Waals surface area contributed by atoms with E-state index < -0.39 is 0 Å². The number of para-hydroxylation sites is 2. The van der Waals surface area contributed by atoms with Crippen molar-refractivity contribution in [2.75, 3.05) is 45.7 Å². The number of nitrogens with zero attached hydrogens (tertiary/aromatic N) is 3. The molecule has 3 rings (SSSR count). The smallest absolute Gasteiger partial charge is 0.253 e. The monoisotopic (exact) mass is 551 g/mol. The Labute approximate surface area is 208 Å². The van der Waals surface area contributed by atoms with Crippen molar-refractivity contribution in [2.45, 2.75) is 25.9 Å². The highest BCUT2D eigenvalue weighted by Crippen LogP contribution is 2.30. The van der Waals surface area contributed by atoms with Crippen LogP contribution in [0.1, 0.15) is 29.3 Å². The zero-order chi connectivity index (χ0) is 22.2. The van der Waals surface area contributed by atoms with Gasteiger partial charge in [0.25, 0.3) is 5.91 Å². The van der Waals surface area contributed by atoms with E-state index in [4.69, 9.17) is 9.73 Å². The van der Waals surface area contributed by atoms with Gasteiger partial charge in [-0.2, -0.15) is 0 Å². The lowest BCUT2D eigenvalue weighted by molar-refractivity contribution is 0.0827. The molecule has 174 valence electrons. The first-order valence-corrected chi connectivity index (χ1v) is 10.7. The number of benzene rings is 2. The van der Waals surface area contributed by atoms with Gasteiger partial charge in [0.2, 0.25) is 0 Å². The summed E-state index contributed by atoms with van der Waals surface area (Å²) in [6.07, 6.45) is 1.03. The average molecular weight is 551 g/mol. The van der Waals surface area contributed by atoms with Crippen LogP contribution in [-0.2, 0) is 6.54 Å². The Hall–Kier alpha value is -2.49. The van der Waals surface area contributed by atoms with Crippen molar-refractivity contribution in [1.29, 1.82) is 0 Å². The number of hydrogen-bond acceptors (Lipinski definition) is 4. The zero-order valence-electron chi connectivity index (χ0n) is 19.3. The van der Waals surface area contributed by atoms with E-state index in [-0.39, 0.29) is 29.9 Å². The minimum Gasteiger partial charge on any atom is -0.495 e. The number of ether oxygens (including phenoxy) is 1. The number of rotatable bonds is 7. The second-order valence-electron chi connectivity index (χ2n) is 7.84. The molecule has 2 aromatic rings. The number of methoxy groups -OCH3 is 1. The summed E-state index contributed by atoms with van der Waals surface area (Å²) < 4.78 is 5.51. The maximum atomic E-state index is 12.0. The minimum atomic E-state index is 0. The molecule has 0 bridgehead atoms. The zero-order valence-corrected chi connectivity index (χ0v) is 21.6. The fourth-order valence-corrected chi connectivity index (χ4v) is 3.68. The van der Waals surface area contributed by atoms with E-state index in [2.05, 4.69) is 28.5 Å². The Morgan fingerprint density at radius 2 is 1.91 bits per heavy atom. The van der Waals surface area contributed by atoms with Gasteiger partial charge >= 0.3 is 0 Å². The number of nitrogens with one attached hydrogen (secondary N) is 2. The Balaban J connectivity index is 0.00000363. The molecule has 0 aromatic heterocycles. The summed E-state index contributed by atoms with van der Waals surface area (Å²) in [4.78, 5) is 20.7. The van der Waals surface area contributed by atoms with Crippen molar-refractivity contribution in [3.8, 4) is 5.75 Å². The van der Waals surface area contributed by atoms with Gasteiger partial charge in [0.05, 0.1) is 19.3 Å². The molecule has 0 spiro atoms. The largest absolute Gasteiger partial charge is 0.495 e. The molecule has 1 unspecified atom stereocenters. The molecule has 2 N–H and O–H groups in total. The second-order valence-corrected chi connectivity index (χ2v) is 7.84.